The number of aliphatic carboxylic acids is 1. The third kappa shape index (κ3) is 2.44. The minimum absolute atomic E-state index is 0.0818. The highest BCUT2D eigenvalue weighted by atomic mass is 16.6. The third-order valence-electron chi connectivity index (χ3n) is 1.41. The number of para-hydroxylation sites is 2. The minimum Gasteiger partial charge on any atom is -0.546 e. The number of nitro groups is 1. The second-order valence-corrected chi connectivity index (χ2v) is 2.39. The summed E-state index contributed by atoms with van der Waals surface area (Å²) in [6.07, 6.45) is 0. The SMILES string of the molecule is O=C([O-])COc1ccccc1[N+](=O)[O-]. The summed E-state index contributed by atoms with van der Waals surface area (Å²) in [4.78, 5) is 19.8. The Balaban J connectivity index is 2.84. The lowest BCUT2D eigenvalue weighted by atomic mass is 10.3. The van der Waals surface area contributed by atoms with E-state index in [2.05, 4.69) is 4.74 Å². The van der Waals surface area contributed by atoms with Crippen molar-refractivity contribution in [2.45, 2.75) is 0 Å². The number of hydrogen-bond donors (Lipinski definition) is 0. The zero-order valence-electron chi connectivity index (χ0n) is 7.00. The molecule has 0 aliphatic rings. The molecule has 0 aliphatic carbocycles. The Labute approximate surface area is 78.9 Å². The fourth-order valence-corrected chi connectivity index (χ4v) is 0.867. The molecule has 1 aromatic rings. The highest BCUT2D eigenvalue weighted by Gasteiger charge is 2.12. The second kappa shape index (κ2) is 4.22. The lowest BCUT2D eigenvalue weighted by Crippen LogP contribution is -2.29. The van der Waals surface area contributed by atoms with Crippen molar-refractivity contribution < 1.29 is 19.6 Å². The predicted octanol–water partition coefficient (Wildman–Crippen LogP) is -0.277. The fourth-order valence-electron chi connectivity index (χ4n) is 0.867. The fraction of sp³-hybridized carbons (Fsp3) is 0.125. The first-order valence-corrected chi connectivity index (χ1v) is 3.67. The highest BCUT2D eigenvalue weighted by Crippen LogP contribution is 2.25. The van der Waals surface area contributed by atoms with E-state index in [4.69, 9.17) is 0 Å². The van der Waals surface area contributed by atoms with Crippen LogP contribution in [0.25, 0.3) is 0 Å². The number of nitro benzene ring substituents is 1. The zero-order valence-corrected chi connectivity index (χ0v) is 7.00. The summed E-state index contributed by atoms with van der Waals surface area (Å²) in [6, 6.07) is 5.52. The van der Waals surface area contributed by atoms with Gasteiger partial charge in [0.1, 0.15) is 6.61 Å². The summed E-state index contributed by atoms with van der Waals surface area (Å²) in [7, 11) is 0. The maximum absolute atomic E-state index is 10.4. The van der Waals surface area contributed by atoms with E-state index in [1.807, 2.05) is 0 Å². The van der Waals surface area contributed by atoms with Gasteiger partial charge in [0.25, 0.3) is 0 Å². The van der Waals surface area contributed by atoms with Crippen LogP contribution >= 0.6 is 0 Å². The summed E-state index contributed by atoms with van der Waals surface area (Å²) < 4.78 is 4.66. The van der Waals surface area contributed by atoms with E-state index < -0.39 is 17.5 Å². The molecule has 0 aliphatic heterocycles. The highest BCUT2D eigenvalue weighted by molar-refractivity contribution is 5.66. The summed E-state index contributed by atoms with van der Waals surface area (Å²) in [5.74, 6) is -1.51. The van der Waals surface area contributed by atoms with Crippen molar-refractivity contribution in [3.8, 4) is 5.75 Å². The van der Waals surface area contributed by atoms with Crippen molar-refractivity contribution in [1.29, 1.82) is 0 Å². The molecule has 0 saturated carbocycles. The molecule has 0 spiro atoms. The molecular formula is C8H6NO5-. The second-order valence-electron chi connectivity index (χ2n) is 2.39. The van der Waals surface area contributed by atoms with Gasteiger partial charge in [-0.25, -0.2) is 0 Å². The summed E-state index contributed by atoms with van der Waals surface area (Å²) in [6.45, 7) is -0.704. The van der Waals surface area contributed by atoms with Gasteiger partial charge in [0.2, 0.25) is 0 Å². The summed E-state index contributed by atoms with van der Waals surface area (Å²) in [5, 5.41) is 20.5. The van der Waals surface area contributed by atoms with E-state index in [9.17, 15) is 20.0 Å². The third-order valence-corrected chi connectivity index (χ3v) is 1.41. The molecule has 0 N–H and O–H groups in total. The summed E-state index contributed by atoms with van der Waals surface area (Å²) >= 11 is 0. The number of carboxylic acid groups (broad SMARTS) is 1. The normalized spacial score (nSPS) is 9.43. The van der Waals surface area contributed by atoms with E-state index in [0.29, 0.717) is 0 Å². The first-order valence-electron chi connectivity index (χ1n) is 3.67. The number of ether oxygens (including phenoxy) is 1. The molecule has 0 radical (unpaired) electrons. The van der Waals surface area contributed by atoms with Crippen molar-refractivity contribution in [2.75, 3.05) is 6.61 Å². The average Bonchev–Trinajstić information content (AvgIpc) is 2.15. The van der Waals surface area contributed by atoms with Crippen LogP contribution in [0.15, 0.2) is 24.3 Å². The molecule has 0 bridgehead atoms. The van der Waals surface area contributed by atoms with E-state index in [1.54, 1.807) is 0 Å². The van der Waals surface area contributed by atoms with Crippen LogP contribution in [-0.4, -0.2) is 17.5 Å². The number of hydrogen-bond acceptors (Lipinski definition) is 5. The van der Waals surface area contributed by atoms with Gasteiger partial charge in [-0.2, -0.15) is 0 Å². The molecule has 74 valence electrons. The van der Waals surface area contributed by atoms with Gasteiger partial charge in [0, 0.05) is 6.07 Å². The molecule has 6 nitrogen and oxygen atoms in total. The quantitative estimate of drug-likeness (QED) is 0.487. The van der Waals surface area contributed by atoms with Gasteiger partial charge in [-0.05, 0) is 6.07 Å². The van der Waals surface area contributed by atoms with Crippen molar-refractivity contribution in [3.63, 3.8) is 0 Å². The Bertz CT molecular complexity index is 363. The number of benzene rings is 1. The maximum atomic E-state index is 10.4. The average molecular weight is 196 g/mol. The molecule has 0 atom stereocenters. The molecule has 0 amide bonds. The van der Waals surface area contributed by atoms with Crippen molar-refractivity contribution in [1.82, 2.24) is 0 Å². The first-order chi connectivity index (χ1) is 6.61. The molecule has 0 saturated heterocycles. The van der Waals surface area contributed by atoms with Crippen molar-refractivity contribution >= 4 is 11.7 Å². The number of rotatable bonds is 4. The van der Waals surface area contributed by atoms with Crippen molar-refractivity contribution in [3.05, 3.63) is 34.4 Å². The van der Waals surface area contributed by atoms with Gasteiger partial charge in [-0.15, -0.1) is 0 Å². The molecule has 0 aromatic heterocycles. The van der Waals surface area contributed by atoms with Gasteiger partial charge in [0.15, 0.2) is 5.75 Å². The number of carbonyl (C=O) groups is 1. The topological polar surface area (TPSA) is 92.5 Å². The van der Waals surface area contributed by atoms with Gasteiger partial charge in [-0.3, -0.25) is 10.1 Å². The molecule has 0 heterocycles. The monoisotopic (exact) mass is 196 g/mol. The Morgan fingerprint density at radius 2 is 2.07 bits per heavy atom. The smallest absolute Gasteiger partial charge is 0.310 e. The lowest BCUT2D eigenvalue weighted by Gasteiger charge is -2.06. The molecule has 0 fully saturated rings. The van der Waals surface area contributed by atoms with E-state index in [1.165, 1.54) is 24.3 Å². The van der Waals surface area contributed by atoms with Crippen LogP contribution in [0.1, 0.15) is 0 Å². The van der Waals surface area contributed by atoms with Crippen molar-refractivity contribution in [2.24, 2.45) is 0 Å². The lowest BCUT2D eigenvalue weighted by molar-refractivity contribution is -0.386. The molecule has 6 heteroatoms. The zero-order chi connectivity index (χ0) is 10.6. The van der Waals surface area contributed by atoms with Gasteiger partial charge in [0.05, 0.1) is 10.9 Å². The van der Waals surface area contributed by atoms with Crippen LogP contribution in [-0.2, 0) is 4.79 Å². The molecule has 1 rings (SSSR count). The van der Waals surface area contributed by atoms with Gasteiger partial charge in [-0.1, -0.05) is 12.1 Å². The molecule has 14 heavy (non-hydrogen) atoms. The first kappa shape index (κ1) is 9.97. The molecular weight excluding hydrogens is 190 g/mol. The Morgan fingerprint density at radius 1 is 1.43 bits per heavy atom. The number of carboxylic acids is 1. The molecule has 1 aromatic carbocycles. The van der Waals surface area contributed by atoms with Crippen LogP contribution in [0, 0.1) is 10.1 Å². The Hall–Kier alpha value is -2.11. The minimum atomic E-state index is -1.43. The van der Waals surface area contributed by atoms with Crippen LogP contribution in [0.4, 0.5) is 5.69 Å². The predicted molar refractivity (Wildman–Crippen MR) is 43.6 cm³/mol. The Morgan fingerprint density at radius 3 is 2.64 bits per heavy atom. The number of nitrogens with zero attached hydrogens (tertiary/aromatic N) is 1. The largest absolute Gasteiger partial charge is 0.546 e. The Kier molecular flexibility index (Phi) is 3.01. The standard InChI is InChI=1S/C8H7NO5/c10-8(11)5-14-7-4-2-1-3-6(7)9(12)13/h1-4H,5H2,(H,10,11)/p-1. The van der Waals surface area contributed by atoms with Gasteiger partial charge < -0.3 is 14.6 Å². The van der Waals surface area contributed by atoms with E-state index >= 15 is 0 Å². The van der Waals surface area contributed by atoms with Crippen LogP contribution < -0.4 is 9.84 Å². The van der Waals surface area contributed by atoms with Crippen LogP contribution in [0.2, 0.25) is 0 Å². The van der Waals surface area contributed by atoms with Crippen LogP contribution in [0.5, 0.6) is 5.75 Å². The number of carbonyl (C=O) groups excluding carboxylic acids is 1. The van der Waals surface area contributed by atoms with Crippen LogP contribution in [0.3, 0.4) is 0 Å². The van der Waals surface area contributed by atoms with E-state index in [0.717, 1.165) is 0 Å². The maximum Gasteiger partial charge on any atom is 0.310 e. The van der Waals surface area contributed by atoms with Gasteiger partial charge >= 0.3 is 5.69 Å². The van der Waals surface area contributed by atoms with E-state index in [-0.39, 0.29) is 11.4 Å². The molecule has 0 unspecified atom stereocenters. The summed E-state index contributed by atoms with van der Waals surface area (Å²) in [5.41, 5.74) is -0.270.